The van der Waals surface area contributed by atoms with E-state index in [1.54, 1.807) is 0 Å². The summed E-state index contributed by atoms with van der Waals surface area (Å²) >= 11 is 0. The monoisotopic (exact) mass is 244 g/mol. The van der Waals surface area contributed by atoms with Crippen LogP contribution in [0.15, 0.2) is 52.3 Å². The zero-order valence-electron chi connectivity index (χ0n) is 8.76. The number of fused-ring (bicyclic) bond motifs is 2. The van der Waals surface area contributed by atoms with Crippen molar-refractivity contribution in [2.75, 3.05) is 0 Å². The Labute approximate surface area is 97.1 Å². The summed E-state index contributed by atoms with van der Waals surface area (Å²) in [5.41, 5.74) is -3.12. The van der Waals surface area contributed by atoms with Crippen molar-refractivity contribution >= 4 is 21.5 Å². The maximum atomic E-state index is 11.3. The van der Waals surface area contributed by atoms with Crippen LogP contribution in [0.5, 0.6) is 0 Å². The Balaban J connectivity index is 2.68. The fourth-order valence-corrected chi connectivity index (χ4v) is 1.79. The molecule has 0 N–H and O–H groups in total. The van der Waals surface area contributed by atoms with Crippen LogP contribution in [0.2, 0.25) is 0 Å². The largest absolute Gasteiger partial charge is 0.386 e. The van der Waals surface area contributed by atoms with E-state index in [1.165, 1.54) is 24.3 Å². The van der Waals surface area contributed by atoms with Gasteiger partial charge in [0.2, 0.25) is 0 Å². The summed E-state index contributed by atoms with van der Waals surface area (Å²) in [6.07, 6.45) is 0. The predicted molar refractivity (Wildman–Crippen MR) is 62.3 cm³/mol. The van der Waals surface area contributed by atoms with Crippen LogP contribution in [0.4, 0.5) is 0 Å². The van der Waals surface area contributed by atoms with Crippen LogP contribution in [0.25, 0.3) is 21.5 Å². The number of rotatable bonds is 0. The quantitative estimate of drug-likeness (QED) is 0.554. The molecule has 0 aliphatic rings. The van der Waals surface area contributed by atoms with Crippen molar-refractivity contribution in [3.8, 4) is 0 Å². The van der Waals surface area contributed by atoms with Crippen LogP contribution in [-0.4, -0.2) is 0 Å². The van der Waals surface area contributed by atoms with Crippen LogP contribution in [0.1, 0.15) is 0 Å². The maximum absolute atomic E-state index is 11.3. The standard InChI is InChI=1S/C12H4O6/c13-9-5-1-2-6-8(12(16)18-10(6)14)4-3-7(5)11(15)17-9/h1-4H. The Kier molecular flexibility index (Phi) is 1.94. The highest BCUT2D eigenvalue weighted by molar-refractivity contribution is 5.86. The molecule has 0 saturated heterocycles. The lowest BCUT2D eigenvalue weighted by Gasteiger charge is -1.81. The Morgan fingerprint density at radius 2 is 0.722 bits per heavy atom. The lowest BCUT2D eigenvalue weighted by molar-refractivity contribution is 0.499. The molecule has 0 unspecified atom stereocenters. The van der Waals surface area contributed by atoms with Gasteiger partial charge in [0.1, 0.15) is 0 Å². The van der Waals surface area contributed by atoms with E-state index < -0.39 is 22.5 Å². The fraction of sp³-hybridized carbons (Fsp3) is 0. The first-order valence-corrected chi connectivity index (χ1v) is 4.95. The predicted octanol–water partition coefficient (Wildman–Crippen LogP) is 0.0576. The van der Waals surface area contributed by atoms with E-state index in [9.17, 15) is 19.2 Å². The van der Waals surface area contributed by atoms with Gasteiger partial charge in [0.15, 0.2) is 0 Å². The first kappa shape index (κ1) is 10.4. The molecule has 0 bridgehead atoms. The first-order chi connectivity index (χ1) is 8.58. The molecular weight excluding hydrogens is 240 g/mol. The van der Waals surface area contributed by atoms with Gasteiger partial charge in [-0.15, -0.1) is 0 Å². The topological polar surface area (TPSA) is 94.6 Å². The van der Waals surface area contributed by atoms with Gasteiger partial charge in [0, 0.05) is 0 Å². The molecule has 0 fully saturated rings. The summed E-state index contributed by atoms with van der Waals surface area (Å²) in [6, 6.07) is 5.06. The van der Waals surface area contributed by atoms with Crippen LogP contribution in [-0.2, 0) is 0 Å². The Bertz CT molecular complexity index is 834. The third kappa shape index (κ3) is 1.29. The summed E-state index contributed by atoms with van der Waals surface area (Å²) in [5.74, 6) is 0. The summed E-state index contributed by atoms with van der Waals surface area (Å²) in [4.78, 5) is 45.3. The molecular formula is C12H4O6. The summed E-state index contributed by atoms with van der Waals surface area (Å²) in [7, 11) is 0. The third-order valence-corrected chi connectivity index (χ3v) is 2.66. The van der Waals surface area contributed by atoms with Crippen molar-refractivity contribution < 1.29 is 8.83 Å². The van der Waals surface area contributed by atoms with Crippen LogP contribution < -0.4 is 22.5 Å². The average Bonchev–Trinajstić information content (AvgIpc) is 2.65. The van der Waals surface area contributed by atoms with E-state index in [4.69, 9.17) is 0 Å². The van der Waals surface area contributed by atoms with Gasteiger partial charge < -0.3 is 8.83 Å². The molecule has 0 atom stereocenters. The summed E-state index contributed by atoms with van der Waals surface area (Å²) in [6.45, 7) is 0. The van der Waals surface area contributed by atoms with Gasteiger partial charge in [-0.1, -0.05) is 0 Å². The molecule has 3 aromatic rings. The normalized spacial score (nSPS) is 11.1. The van der Waals surface area contributed by atoms with Crippen molar-refractivity contribution in [3.63, 3.8) is 0 Å². The third-order valence-electron chi connectivity index (χ3n) is 2.66. The molecule has 2 heterocycles. The summed E-state index contributed by atoms with van der Waals surface area (Å²) < 4.78 is 8.84. The van der Waals surface area contributed by atoms with Crippen LogP contribution in [0, 0.1) is 0 Å². The summed E-state index contributed by atoms with van der Waals surface area (Å²) in [5, 5.41) is 0.204. The van der Waals surface area contributed by atoms with Crippen molar-refractivity contribution in [1.29, 1.82) is 0 Å². The molecule has 0 amide bonds. The second kappa shape index (κ2) is 3.36. The molecule has 88 valence electrons. The molecule has 6 heteroatoms. The molecule has 0 aliphatic carbocycles. The highest BCUT2D eigenvalue weighted by Crippen LogP contribution is 2.08. The van der Waals surface area contributed by atoms with Crippen molar-refractivity contribution in [1.82, 2.24) is 0 Å². The van der Waals surface area contributed by atoms with Gasteiger partial charge in [-0.3, -0.25) is 0 Å². The molecule has 0 aliphatic heterocycles. The number of hydrogen-bond donors (Lipinski definition) is 0. The lowest BCUT2D eigenvalue weighted by atomic mass is 10.2. The maximum Gasteiger partial charge on any atom is 0.346 e. The van der Waals surface area contributed by atoms with Gasteiger partial charge in [0.05, 0.1) is 21.5 Å². The lowest BCUT2D eigenvalue weighted by Crippen LogP contribution is -1.95. The van der Waals surface area contributed by atoms with Gasteiger partial charge in [0.25, 0.3) is 0 Å². The molecule has 0 spiro atoms. The molecule has 3 rings (SSSR count). The molecule has 2 aromatic heterocycles. The Morgan fingerprint density at radius 3 is 0.944 bits per heavy atom. The molecule has 0 radical (unpaired) electrons. The van der Waals surface area contributed by atoms with Gasteiger partial charge >= 0.3 is 22.5 Å². The molecule has 18 heavy (non-hydrogen) atoms. The van der Waals surface area contributed by atoms with E-state index >= 15 is 0 Å². The second-order valence-electron chi connectivity index (χ2n) is 3.68. The SMILES string of the molecule is O=c1oc(=O)c2ccc3c(=O)oc(=O)c3ccc12. The zero-order chi connectivity index (χ0) is 12.9. The molecule has 6 nitrogen and oxygen atoms in total. The second-order valence-corrected chi connectivity index (χ2v) is 3.68. The zero-order valence-corrected chi connectivity index (χ0v) is 8.76. The smallest absolute Gasteiger partial charge is 0.346 e. The van der Waals surface area contributed by atoms with E-state index in [1.807, 2.05) is 0 Å². The minimum atomic E-state index is -0.780. The van der Waals surface area contributed by atoms with Gasteiger partial charge in [-0.2, -0.15) is 0 Å². The van der Waals surface area contributed by atoms with Gasteiger partial charge in [-0.25, -0.2) is 19.2 Å². The highest BCUT2D eigenvalue weighted by atomic mass is 16.4. The van der Waals surface area contributed by atoms with Crippen molar-refractivity contribution in [3.05, 3.63) is 65.9 Å². The average molecular weight is 244 g/mol. The highest BCUT2D eigenvalue weighted by Gasteiger charge is 2.09. The van der Waals surface area contributed by atoms with E-state index in [2.05, 4.69) is 8.83 Å². The number of hydrogen-bond acceptors (Lipinski definition) is 6. The Morgan fingerprint density at radius 1 is 0.500 bits per heavy atom. The molecule has 0 saturated carbocycles. The van der Waals surface area contributed by atoms with E-state index in [0.717, 1.165) is 0 Å². The van der Waals surface area contributed by atoms with Crippen molar-refractivity contribution in [2.45, 2.75) is 0 Å². The van der Waals surface area contributed by atoms with Gasteiger partial charge in [-0.05, 0) is 24.3 Å². The van der Waals surface area contributed by atoms with Crippen molar-refractivity contribution in [2.24, 2.45) is 0 Å². The van der Waals surface area contributed by atoms with E-state index in [-0.39, 0.29) is 21.5 Å². The van der Waals surface area contributed by atoms with E-state index in [0.29, 0.717) is 0 Å². The number of furan rings is 2. The fourth-order valence-electron chi connectivity index (χ4n) is 1.79. The Hall–Kier alpha value is -2.76. The first-order valence-electron chi connectivity index (χ1n) is 4.95. The minimum absolute atomic E-state index is 0.0509. The molecule has 1 aromatic carbocycles. The van der Waals surface area contributed by atoms with Crippen LogP contribution >= 0.6 is 0 Å². The van der Waals surface area contributed by atoms with Crippen LogP contribution in [0.3, 0.4) is 0 Å². The minimum Gasteiger partial charge on any atom is -0.386 e.